The highest BCUT2D eigenvalue weighted by Gasteiger charge is 2.17. The molecule has 1 heterocycles. The van der Waals surface area contributed by atoms with Crippen LogP contribution in [0.3, 0.4) is 0 Å². The molecule has 0 bridgehead atoms. The lowest BCUT2D eigenvalue weighted by molar-refractivity contribution is -0.125. The van der Waals surface area contributed by atoms with Gasteiger partial charge in [-0.3, -0.25) is 9.78 Å². The van der Waals surface area contributed by atoms with Gasteiger partial charge in [0.1, 0.15) is 11.7 Å². The van der Waals surface area contributed by atoms with E-state index in [2.05, 4.69) is 10.3 Å². The van der Waals surface area contributed by atoms with Gasteiger partial charge in [0.25, 0.3) is 0 Å². The van der Waals surface area contributed by atoms with Crippen molar-refractivity contribution in [1.82, 2.24) is 4.98 Å². The Morgan fingerprint density at radius 1 is 1.35 bits per heavy atom. The molecule has 0 radical (unpaired) electrons. The van der Waals surface area contributed by atoms with E-state index in [0.717, 1.165) is 0 Å². The molecule has 1 aromatic carbocycles. The maximum absolute atomic E-state index is 11.2. The monoisotopic (exact) mass is 275 g/mol. The second-order valence-corrected chi connectivity index (χ2v) is 4.17. The van der Waals surface area contributed by atoms with Crippen molar-refractivity contribution in [2.45, 2.75) is 6.10 Å². The predicted molar refractivity (Wildman–Crippen MR) is 72.4 cm³/mol. The Labute approximate surface area is 114 Å². The summed E-state index contributed by atoms with van der Waals surface area (Å²) in [6.07, 6.45) is -0.174. The fourth-order valence-corrected chi connectivity index (χ4v) is 1.79. The second-order valence-electron chi connectivity index (χ2n) is 4.17. The smallest absolute Gasteiger partial charge is 0.339 e. The van der Waals surface area contributed by atoms with E-state index in [9.17, 15) is 14.7 Å². The number of para-hydroxylation sites is 1. The first kappa shape index (κ1) is 13.8. The molecule has 1 unspecified atom stereocenters. The van der Waals surface area contributed by atoms with E-state index in [-0.39, 0.29) is 12.1 Å². The van der Waals surface area contributed by atoms with Gasteiger partial charge in [-0.05, 0) is 6.07 Å². The summed E-state index contributed by atoms with van der Waals surface area (Å²) in [5, 5.41) is 21.9. The third-order valence-corrected chi connectivity index (χ3v) is 2.81. The fourth-order valence-electron chi connectivity index (χ4n) is 1.79. The summed E-state index contributed by atoms with van der Waals surface area (Å²) in [6.45, 7) is -0.177. The number of fused-ring (bicyclic) bond motifs is 1. The Kier molecular flexibility index (Phi) is 3.81. The van der Waals surface area contributed by atoms with Gasteiger partial charge in [-0.15, -0.1) is 0 Å². The number of rotatable bonds is 5. The zero-order valence-corrected chi connectivity index (χ0v) is 10.4. The number of anilines is 1. The molecule has 0 aliphatic heterocycles. The van der Waals surface area contributed by atoms with E-state index >= 15 is 0 Å². The van der Waals surface area contributed by atoms with Gasteiger partial charge in [-0.1, -0.05) is 18.2 Å². The predicted octanol–water partition coefficient (Wildman–Crippen LogP) is 0.191. The van der Waals surface area contributed by atoms with Gasteiger partial charge in [0.05, 0.1) is 11.2 Å². The average molecular weight is 275 g/mol. The summed E-state index contributed by atoms with van der Waals surface area (Å²) >= 11 is 0. The number of pyridine rings is 1. The van der Waals surface area contributed by atoms with Crippen LogP contribution in [0.4, 0.5) is 5.69 Å². The van der Waals surface area contributed by atoms with Crippen molar-refractivity contribution in [3.8, 4) is 0 Å². The minimum Gasteiger partial charge on any atom is -0.478 e. The molecule has 20 heavy (non-hydrogen) atoms. The van der Waals surface area contributed by atoms with Crippen LogP contribution in [0.15, 0.2) is 30.5 Å². The van der Waals surface area contributed by atoms with Gasteiger partial charge in [-0.2, -0.15) is 0 Å². The van der Waals surface area contributed by atoms with Gasteiger partial charge in [0.15, 0.2) is 0 Å². The Hall–Kier alpha value is -2.67. The van der Waals surface area contributed by atoms with E-state index in [1.165, 1.54) is 6.20 Å². The number of nitrogens with one attached hydrogen (secondary N) is 1. The van der Waals surface area contributed by atoms with Gasteiger partial charge in [0.2, 0.25) is 5.91 Å². The van der Waals surface area contributed by atoms with Crippen LogP contribution >= 0.6 is 0 Å². The van der Waals surface area contributed by atoms with Crippen molar-refractivity contribution < 1.29 is 19.8 Å². The molecule has 5 N–H and O–H groups in total. The highest BCUT2D eigenvalue weighted by atomic mass is 16.4. The van der Waals surface area contributed by atoms with Gasteiger partial charge in [-0.25, -0.2) is 4.79 Å². The van der Waals surface area contributed by atoms with Crippen LogP contribution in [-0.4, -0.2) is 39.7 Å². The molecule has 2 rings (SSSR count). The molecule has 0 fully saturated rings. The quantitative estimate of drug-likeness (QED) is 0.617. The lowest BCUT2D eigenvalue weighted by atomic mass is 10.1. The van der Waals surface area contributed by atoms with E-state index in [4.69, 9.17) is 10.8 Å². The van der Waals surface area contributed by atoms with Crippen molar-refractivity contribution in [2.75, 3.05) is 11.9 Å². The zero-order chi connectivity index (χ0) is 14.7. The summed E-state index contributed by atoms with van der Waals surface area (Å²) < 4.78 is 0. The molecule has 0 spiro atoms. The molecule has 1 aromatic heterocycles. The van der Waals surface area contributed by atoms with Gasteiger partial charge < -0.3 is 21.3 Å². The standard InChI is InChI=1S/C13H13N3O4/c14-12(18)10(17)6-16-11-7-3-1-2-4-9(7)15-5-8(11)13(19)20/h1-5,10,17H,6H2,(H2,14,18)(H,15,16)(H,19,20). The van der Waals surface area contributed by atoms with Crippen molar-refractivity contribution in [1.29, 1.82) is 0 Å². The Bertz CT molecular complexity index is 672. The van der Waals surface area contributed by atoms with Gasteiger partial charge >= 0.3 is 5.97 Å². The molecule has 0 aliphatic rings. The lowest BCUT2D eigenvalue weighted by Crippen LogP contribution is -2.34. The van der Waals surface area contributed by atoms with E-state index in [0.29, 0.717) is 16.6 Å². The van der Waals surface area contributed by atoms with Crippen molar-refractivity contribution >= 4 is 28.5 Å². The number of nitrogens with two attached hydrogens (primary N) is 1. The molecule has 0 saturated carbocycles. The molecule has 1 amide bonds. The van der Waals surface area contributed by atoms with Crippen LogP contribution in [0.1, 0.15) is 10.4 Å². The average Bonchev–Trinajstić information content (AvgIpc) is 2.43. The number of benzene rings is 1. The number of aliphatic hydroxyl groups is 1. The molecule has 7 heteroatoms. The third-order valence-electron chi connectivity index (χ3n) is 2.81. The number of carbonyl (C=O) groups excluding carboxylic acids is 1. The minimum atomic E-state index is -1.40. The molecule has 7 nitrogen and oxygen atoms in total. The highest BCUT2D eigenvalue weighted by molar-refractivity contribution is 6.04. The van der Waals surface area contributed by atoms with Crippen LogP contribution in [0.5, 0.6) is 0 Å². The van der Waals surface area contributed by atoms with Crippen LogP contribution in [0, 0.1) is 0 Å². The van der Waals surface area contributed by atoms with Crippen LogP contribution in [0.2, 0.25) is 0 Å². The summed E-state index contributed by atoms with van der Waals surface area (Å²) in [7, 11) is 0. The Morgan fingerprint density at radius 3 is 2.70 bits per heavy atom. The number of nitrogens with zero attached hydrogens (tertiary/aromatic N) is 1. The molecule has 2 aromatic rings. The number of primary amides is 1. The first-order valence-electron chi connectivity index (χ1n) is 5.83. The molecular weight excluding hydrogens is 262 g/mol. The normalized spacial score (nSPS) is 12.1. The third kappa shape index (κ3) is 2.67. The summed E-state index contributed by atoms with van der Waals surface area (Å²) in [4.78, 5) is 26.1. The maximum atomic E-state index is 11.2. The highest BCUT2D eigenvalue weighted by Crippen LogP contribution is 2.25. The number of aliphatic hydroxyl groups excluding tert-OH is 1. The van der Waals surface area contributed by atoms with Crippen molar-refractivity contribution in [3.63, 3.8) is 0 Å². The number of hydrogen-bond acceptors (Lipinski definition) is 5. The number of aromatic nitrogens is 1. The summed E-state index contributed by atoms with van der Waals surface area (Å²) in [5.74, 6) is -2.04. The number of hydrogen-bond donors (Lipinski definition) is 4. The molecule has 104 valence electrons. The Balaban J connectivity index is 2.44. The number of carboxylic acids is 1. The number of carboxylic acid groups (broad SMARTS) is 1. The first-order chi connectivity index (χ1) is 9.50. The molecule has 0 aliphatic carbocycles. The van der Waals surface area contributed by atoms with Crippen molar-refractivity contribution in [2.24, 2.45) is 5.73 Å². The van der Waals surface area contributed by atoms with Gasteiger partial charge in [0, 0.05) is 18.1 Å². The topological polar surface area (TPSA) is 126 Å². The van der Waals surface area contributed by atoms with Crippen molar-refractivity contribution in [3.05, 3.63) is 36.0 Å². The van der Waals surface area contributed by atoms with E-state index < -0.39 is 18.0 Å². The van der Waals surface area contributed by atoms with E-state index in [1.54, 1.807) is 24.3 Å². The maximum Gasteiger partial charge on any atom is 0.339 e. The minimum absolute atomic E-state index is 0.0413. The molecular formula is C13H13N3O4. The number of aromatic carboxylic acids is 1. The van der Waals surface area contributed by atoms with Crippen LogP contribution in [-0.2, 0) is 4.79 Å². The Morgan fingerprint density at radius 2 is 2.05 bits per heavy atom. The molecule has 0 saturated heterocycles. The molecule has 1 atom stereocenters. The number of amides is 1. The fraction of sp³-hybridized carbons (Fsp3) is 0.154. The van der Waals surface area contributed by atoms with Crippen LogP contribution < -0.4 is 11.1 Å². The van der Waals surface area contributed by atoms with E-state index in [1.807, 2.05) is 0 Å². The summed E-state index contributed by atoms with van der Waals surface area (Å²) in [5.41, 5.74) is 5.81. The van der Waals surface area contributed by atoms with Crippen LogP contribution in [0.25, 0.3) is 10.9 Å². The SMILES string of the molecule is NC(=O)C(O)CNc1c(C(=O)O)cnc2ccccc12. The lowest BCUT2D eigenvalue weighted by Gasteiger charge is -2.14. The first-order valence-corrected chi connectivity index (χ1v) is 5.83. The number of carbonyl (C=O) groups is 2. The second kappa shape index (κ2) is 5.54. The largest absolute Gasteiger partial charge is 0.478 e. The summed E-state index contributed by atoms with van der Waals surface area (Å²) in [6, 6.07) is 6.95. The zero-order valence-electron chi connectivity index (χ0n) is 10.4.